The zero-order valence-electron chi connectivity index (χ0n) is 18.4. The fraction of sp³-hybridized carbons (Fsp3) is 0.458. The summed E-state index contributed by atoms with van der Waals surface area (Å²) in [6, 6.07) is 12.2. The van der Waals surface area contributed by atoms with E-state index in [1.54, 1.807) is 6.26 Å². The van der Waals surface area contributed by atoms with Crippen molar-refractivity contribution in [1.29, 1.82) is 0 Å². The molecule has 1 aromatic carbocycles. The van der Waals surface area contributed by atoms with E-state index in [0.29, 0.717) is 18.8 Å². The summed E-state index contributed by atoms with van der Waals surface area (Å²) >= 11 is 1.47. The Morgan fingerprint density at radius 2 is 1.91 bits per heavy atom. The fourth-order valence-electron chi connectivity index (χ4n) is 4.45. The first kappa shape index (κ1) is 21.1. The van der Waals surface area contributed by atoms with Crippen LogP contribution in [0.5, 0.6) is 0 Å². The SMILES string of the molecule is CC1CCN(c2nnc(SCC(=O)N3CCc4ccccc4C3)n2Cc2ccco2)CC1. The maximum Gasteiger partial charge on any atom is 0.233 e. The van der Waals surface area contributed by atoms with Gasteiger partial charge in [0.2, 0.25) is 11.9 Å². The van der Waals surface area contributed by atoms with Crippen LogP contribution in [-0.4, -0.2) is 51.0 Å². The molecule has 0 atom stereocenters. The minimum absolute atomic E-state index is 0.144. The van der Waals surface area contributed by atoms with E-state index in [2.05, 4.69) is 44.8 Å². The van der Waals surface area contributed by atoms with Crippen molar-refractivity contribution in [2.24, 2.45) is 5.92 Å². The number of rotatable bonds is 6. The second-order valence-electron chi connectivity index (χ2n) is 8.74. The maximum absolute atomic E-state index is 13.0. The highest BCUT2D eigenvalue weighted by molar-refractivity contribution is 7.99. The van der Waals surface area contributed by atoms with Crippen molar-refractivity contribution in [3.8, 4) is 0 Å². The third-order valence-electron chi connectivity index (χ3n) is 6.47. The van der Waals surface area contributed by atoms with Crippen LogP contribution in [0.2, 0.25) is 0 Å². The molecule has 3 aromatic rings. The number of thioether (sulfide) groups is 1. The molecule has 1 saturated heterocycles. The van der Waals surface area contributed by atoms with Gasteiger partial charge in [-0.2, -0.15) is 0 Å². The average molecular weight is 452 g/mol. The van der Waals surface area contributed by atoms with Crippen molar-refractivity contribution >= 4 is 23.6 Å². The predicted molar refractivity (Wildman–Crippen MR) is 125 cm³/mol. The van der Waals surface area contributed by atoms with E-state index >= 15 is 0 Å². The van der Waals surface area contributed by atoms with E-state index in [0.717, 1.165) is 61.7 Å². The van der Waals surface area contributed by atoms with Gasteiger partial charge in [0.05, 0.1) is 18.6 Å². The molecule has 7 nitrogen and oxygen atoms in total. The molecule has 1 amide bonds. The molecule has 0 radical (unpaired) electrons. The standard InChI is InChI=1S/C24H29N5O2S/c1-18-8-11-27(12-9-18)23-25-26-24(29(23)16-21-7-4-14-31-21)32-17-22(30)28-13-10-19-5-2-3-6-20(19)15-28/h2-7,14,18H,8-13,15-17H2,1H3. The molecule has 2 aliphatic rings. The normalized spacial score (nSPS) is 16.9. The summed E-state index contributed by atoms with van der Waals surface area (Å²) in [7, 11) is 0. The zero-order valence-corrected chi connectivity index (χ0v) is 19.3. The Morgan fingerprint density at radius 1 is 1.09 bits per heavy atom. The molecule has 0 spiro atoms. The van der Waals surface area contributed by atoms with Crippen LogP contribution in [0.4, 0.5) is 5.95 Å². The number of anilines is 1. The Morgan fingerprint density at radius 3 is 2.69 bits per heavy atom. The molecular formula is C24H29N5O2S. The number of nitrogens with zero attached hydrogens (tertiary/aromatic N) is 5. The summed E-state index contributed by atoms with van der Waals surface area (Å²) in [5.74, 6) is 2.97. The topological polar surface area (TPSA) is 67.4 Å². The van der Waals surface area contributed by atoms with E-state index in [4.69, 9.17) is 4.42 Å². The van der Waals surface area contributed by atoms with Crippen molar-refractivity contribution in [3.63, 3.8) is 0 Å². The highest BCUT2D eigenvalue weighted by Crippen LogP contribution is 2.28. The quantitative estimate of drug-likeness (QED) is 0.531. The lowest BCUT2D eigenvalue weighted by Gasteiger charge is -2.31. The number of carbonyl (C=O) groups is 1. The Bertz CT molecular complexity index is 1060. The summed E-state index contributed by atoms with van der Waals surface area (Å²) in [4.78, 5) is 17.2. The lowest BCUT2D eigenvalue weighted by molar-refractivity contribution is -0.129. The number of carbonyl (C=O) groups excluding carboxylic acids is 1. The first-order valence-electron chi connectivity index (χ1n) is 11.4. The molecule has 2 aromatic heterocycles. The van der Waals surface area contributed by atoms with Crippen LogP contribution in [-0.2, 0) is 24.3 Å². The summed E-state index contributed by atoms with van der Waals surface area (Å²) in [6.07, 6.45) is 4.92. The zero-order chi connectivity index (χ0) is 21.9. The number of hydrogen-bond acceptors (Lipinski definition) is 6. The molecule has 2 aliphatic heterocycles. The van der Waals surface area contributed by atoms with Gasteiger partial charge in [0.25, 0.3) is 0 Å². The van der Waals surface area contributed by atoms with Crippen LogP contribution in [0.1, 0.15) is 36.7 Å². The van der Waals surface area contributed by atoms with E-state index in [1.807, 2.05) is 23.1 Å². The molecule has 0 saturated carbocycles. The highest BCUT2D eigenvalue weighted by Gasteiger charge is 2.25. The molecule has 168 valence electrons. The van der Waals surface area contributed by atoms with Crippen molar-refractivity contribution in [2.45, 2.75) is 44.4 Å². The Balaban J connectivity index is 1.29. The van der Waals surface area contributed by atoms with Gasteiger partial charge in [-0.3, -0.25) is 9.36 Å². The summed E-state index contributed by atoms with van der Waals surface area (Å²) in [5, 5.41) is 9.75. The molecule has 5 rings (SSSR count). The number of aromatic nitrogens is 3. The molecule has 0 unspecified atom stereocenters. The molecule has 1 fully saturated rings. The second kappa shape index (κ2) is 9.40. The number of fused-ring (bicyclic) bond motifs is 1. The van der Waals surface area contributed by atoms with Crippen molar-refractivity contribution in [3.05, 3.63) is 59.5 Å². The van der Waals surface area contributed by atoms with Gasteiger partial charge in [-0.1, -0.05) is 43.0 Å². The summed E-state index contributed by atoms with van der Waals surface area (Å²) in [5.41, 5.74) is 2.60. The average Bonchev–Trinajstić information content (AvgIpc) is 3.48. The predicted octanol–water partition coefficient (Wildman–Crippen LogP) is 3.83. The number of piperidine rings is 1. The molecule has 0 N–H and O–H groups in total. The monoisotopic (exact) mass is 451 g/mol. The molecule has 0 aliphatic carbocycles. The minimum atomic E-state index is 0.144. The van der Waals surface area contributed by atoms with Crippen LogP contribution < -0.4 is 4.90 Å². The first-order chi connectivity index (χ1) is 15.7. The number of amides is 1. The van der Waals surface area contributed by atoms with Gasteiger partial charge in [0, 0.05) is 26.2 Å². The van der Waals surface area contributed by atoms with Crippen LogP contribution in [0.3, 0.4) is 0 Å². The van der Waals surface area contributed by atoms with Crippen LogP contribution in [0, 0.1) is 5.92 Å². The lowest BCUT2D eigenvalue weighted by atomic mass is 10.00. The van der Waals surface area contributed by atoms with Crippen molar-refractivity contribution < 1.29 is 9.21 Å². The van der Waals surface area contributed by atoms with Crippen LogP contribution in [0.25, 0.3) is 0 Å². The Kier molecular flexibility index (Phi) is 6.21. The second-order valence-corrected chi connectivity index (χ2v) is 9.68. The third kappa shape index (κ3) is 4.55. The van der Waals surface area contributed by atoms with Gasteiger partial charge in [0.1, 0.15) is 5.76 Å². The molecule has 4 heterocycles. The molecular weight excluding hydrogens is 422 g/mol. The Hall–Kier alpha value is -2.74. The maximum atomic E-state index is 13.0. The van der Waals surface area contributed by atoms with Crippen molar-refractivity contribution in [1.82, 2.24) is 19.7 Å². The Labute approximate surface area is 192 Å². The van der Waals surface area contributed by atoms with E-state index in [1.165, 1.54) is 22.9 Å². The van der Waals surface area contributed by atoms with E-state index in [9.17, 15) is 4.79 Å². The van der Waals surface area contributed by atoms with Crippen LogP contribution in [0.15, 0.2) is 52.2 Å². The smallest absolute Gasteiger partial charge is 0.233 e. The highest BCUT2D eigenvalue weighted by atomic mass is 32.2. The number of hydrogen-bond donors (Lipinski definition) is 0. The minimum Gasteiger partial charge on any atom is -0.467 e. The lowest BCUT2D eigenvalue weighted by Crippen LogP contribution is -2.37. The summed E-state index contributed by atoms with van der Waals surface area (Å²) in [6.45, 7) is 6.28. The van der Waals surface area contributed by atoms with E-state index in [-0.39, 0.29) is 5.91 Å². The summed E-state index contributed by atoms with van der Waals surface area (Å²) < 4.78 is 7.69. The number of furan rings is 1. The van der Waals surface area contributed by atoms with Gasteiger partial charge in [-0.05, 0) is 48.4 Å². The molecule has 0 bridgehead atoms. The fourth-order valence-corrected chi connectivity index (χ4v) is 5.29. The van der Waals surface area contributed by atoms with Crippen molar-refractivity contribution in [2.75, 3.05) is 30.3 Å². The van der Waals surface area contributed by atoms with E-state index < -0.39 is 0 Å². The van der Waals surface area contributed by atoms with Gasteiger partial charge < -0.3 is 14.2 Å². The first-order valence-corrected chi connectivity index (χ1v) is 12.3. The number of benzene rings is 1. The largest absolute Gasteiger partial charge is 0.467 e. The molecule has 8 heteroatoms. The van der Waals surface area contributed by atoms with Gasteiger partial charge in [-0.25, -0.2) is 0 Å². The van der Waals surface area contributed by atoms with Gasteiger partial charge >= 0.3 is 0 Å². The van der Waals surface area contributed by atoms with Gasteiger partial charge in [-0.15, -0.1) is 10.2 Å². The molecule has 32 heavy (non-hydrogen) atoms. The third-order valence-corrected chi connectivity index (χ3v) is 7.42. The van der Waals surface area contributed by atoms with Gasteiger partial charge in [0.15, 0.2) is 5.16 Å². The van der Waals surface area contributed by atoms with Crippen LogP contribution >= 0.6 is 11.8 Å².